The van der Waals surface area contributed by atoms with Crippen molar-refractivity contribution in [2.75, 3.05) is 13.1 Å². The van der Waals surface area contributed by atoms with Crippen LogP contribution in [0, 0.1) is 0 Å². The molecule has 0 amide bonds. The van der Waals surface area contributed by atoms with Crippen LogP contribution in [0.2, 0.25) is 0 Å². The Morgan fingerprint density at radius 3 is 3.06 bits per heavy atom. The number of ether oxygens (including phenoxy) is 1. The van der Waals surface area contributed by atoms with Crippen LogP contribution in [0.25, 0.3) is 0 Å². The van der Waals surface area contributed by atoms with Gasteiger partial charge in [0.1, 0.15) is 16.7 Å². The lowest BCUT2D eigenvalue weighted by atomic mass is 10.1. The number of sulfonamides is 1. The molecule has 6 heteroatoms. The SMILES string of the molecule is O=S1(=O)c2ccc(Br)cc2O[C@H]2CCCN1C2. The molecule has 0 spiro atoms. The topological polar surface area (TPSA) is 46.6 Å². The fraction of sp³-hybridized carbons (Fsp3) is 0.455. The number of nitrogens with zero attached hydrogens (tertiary/aromatic N) is 1. The van der Waals surface area contributed by atoms with Crippen LogP contribution in [0.1, 0.15) is 12.8 Å². The molecule has 1 aromatic carbocycles. The second-order valence-corrected chi connectivity index (χ2v) is 7.16. The number of rotatable bonds is 0. The highest BCUT2D eigenvalue weighted by Gasteiger charge is 2.36. The molecule has 92 valence electrons. The van der Waals surface area contributed by atoms with Gasteiger partial charge in [0, 0.05) is 11.0 Å². The third kappa shape index (κ3) is 1.88. The monoisotopic (exact) mass is 317 g/mol. The predicted molar refractivity (Wildman–Crippen MR) is 66.6 cm³/mol. The van der Waals surface area contributed by atoms with Gasteiger partial charge in [-0.3, -0.25) is 0 Å². The van der Waals surface area contributed by atoms with Gasteiger partial charge in [-0.2, -0.15) is 4.31 Å². The van der Waals surface area contributed by atoms with Crippen molar-refractivity contribution in [3.63, 3.8) is 0 Å². The molecule has 2 heterocycles. The highest BCUT2D eigenvalue weighted by Crippen LogP contribution is 2.35. The van der Waals surface area contributed by atoms with Crippen molar-refractivity contribution in [3.8, 4) is 5.75 Å². The summed E-state index contributed by atoms with van der Waals surface area (Å²) in [7, 11) is -3.38. The molecule has 2 bridgehead atoms. The molecule has 1 fully saturated rings. The summed E-state index contributed by atoms with van der Waals surface area (Å²) in [4.78, 5) is 0.283. The maximum absolute atomic E-state index is 12.4. The second-order valence-electron chi connectivity index (χ2n) is 4.34. The third-order valence-electron chi connectivity index (χ3n) is 3.16. The zero-order valence-corrected chi connectivity index (χ0v) is 11.5. The molecule has 1 unspecified atom stereocenters. The minimum atomic E-state index is -3.38. The van der Waals surface area contributed by atoms with E-state index in [-0.39, 0.29) is 11.0 Å². The average Bonchev–Trinajstić information content (AvgIpc) is 2.34. The number of hydrogen-bond donors (Lipinski definition) is 0. The predicted octanol–water partition coefficient (Wildman–Crippen LogP) is 1.99. The van der Waals surface area contributed by atoms with Crippen LogP contribution < -0.4 is 4.74 Å². The Kier molecular flexibility index (Phi) is 2.68. The Bertz CT molecular complexity index is 558. The summed E-state index contributed by atoms with van der Waals surface area (Å²) >= 11 is 3.34. The molecule has 0 radical (unpaired) electrons. The van der Waals surface area contributed by atoms with E-state index in [1.807, 2.05) is 0 Å². The molecule has 0 N–H and O–H groups in total. The number of hydrogen-bond acceptors (Lipinski definition) is 3. The Labute approximate surface area is 109 Å². The van der Waals surface area contributed by atoms with Crippen LogP contribution in [0.4, 0.5) is 0 Å². The molecular weight excluding hydrogens is 306 g/mol. The van der Waals surface area contributed by atoms with Gasteiger partial charge in [-0.15, -0.1) is 0 Å². The van der Waals surface area contributed by atoms with Crippen LogP contribution in [-0.2, 0) is 10.0 Å². The first-order chi connectivity index (χ1) is 8.07. The number of piperidine rings is 1. The zero-order valence-electron chi connectivity index (χ0n) is 9.10. The quantitative estimate of drug-likeness (QED) is 0.735. The first-order valence-electron chi connectivity index (χ1n) is 5.54. The molecule has 2 aliphatic heterocycles. The Hall–Kier alpha value is -0.590. The van der Waals surface area contributed by atoms with E-state index in [0.29, 0.717) is 18.8 Å². The van der Waals surface area contributed by atoms with E-state index < -0.39 is 10.0 Å². The van der Waals surface area contributed by atoms with Crippen molar-refractivity contribution in [1.29, 1.82) is 0 Å². The van der Waals surface area contributed by atoms with Crippen molar-refractivity contribution in [1.82, 2.24) is 4.31 Å². The van der Waals surface area contributed by atoms with Crippen molar-refractivity contribution < 1.29 is 13.2 Å². The molecule has 0 aromatic heterocycles. The lowest BCUT2D eigenvalue weighted by Gasteiger charge is -2.27. The largest absolute Gasteiger partial charge is 0.488 e. The van der Waals surface area contributed by atoms with Crippen LogP contribution in [0.5, 0.6) is 5.75 Å². The van der Waals surface area contributed by atoms with Crippen molar-refractivity contribution in [2.24, 2.45) is 0 Å². The smallest absolute Gasteiger partial charge is 0.246 e. The normalized spacial score (nSPS) is 29.9. The minimum absolute atomic E-state index is 0.0194. The first kappa shape index (κ1) is 11.5. The maximum atomic E-state index is 12.4. The summed E-state index contributed by atoms with van der Waals surface area (Å²) in [5.74, 6) is 0.466. The summed E-state index contributed by atoms with van der Waals surface area (Å²) in [5.41, 5.74) is 0. The van der Waals surface area contributed by atoms with E-state index in [0.717, 1.165) is 17.3 Å². The van der Waals surface area contributed by atoms with Crippen molar-refractivity contribution in [3.05, 3.63) is 22.7 Å². The van der Waals surface area contributed by atoms with Crippen LogP contribution in [0.3, 0.4) is 0 Å². The highest BCUT2D eigenvalue weighted by atomic mass is 79.9. The van der Waals surface area contributed by atoms with Gasteiger partial charge in [0.15, 0.2) is 0 Å². The van der Waals surface area contributed by atoms with Gasteiger partial charge < -0.3 is 4.74 Å². The molecule has 2 atom stereocenters. The second kappa shape index (κ2) is 3.96. The van der Waals surface area contributed by atoms with Gasteiger partial charge in [-0.25, -0.2) is 8.42 Å². The van der Waals surface area contributed by atoms with Crippen LogP contribution in [-0.4, -0.2) is 31.9 Å². The van der Waals surface area contributed by atoms with Gasteiger partial charge in [-0.05, 0) is 31.0 Å². The maximum Gasteiger partial charge on any atom is 0.246 e. The lowest BCUT2D eigenvalue weighted by Crippen LogP contribution is -2.41. The number of fused-ring (bicyclic) bond motifs is 3. The van der Waals surface area contributed by atoms with Crippen LogP contribution in [0.15, 0.2) is 27.6 Å². The summed E-state index contributed by atoms with van der Waals surface area (Å²) < 4.78 is 32.9. The van der Waals surface area contributed by atoms with E-state index in [9.17, 15) is 8.42 Å². The summed E-state index contributed by atoms with van der Waals surface area (Å²) in [6.45, 7) is 1.06. The molecule has 3 rings (SSSR count). The minimum Gasteiger partial charge on any atom is -0.488 e. The lowest BCUT2D eigenvalue weighted by molar-refractivity contribution is 0.135. The Morgan fingerprint density at radius 2 is 2.24 bits per heavy atom. The van der Waals surface area contributed by atoms with E-state index >= 15 is 0 Å². The summed E-state index contributed by atoms with van der Waals surface area (Å²) in [5, 5.41) is 0. The Morgan fingerprint density at radius 1 is 1.41 bits per heavy atom. The van der Waals surface area contributed by atoms with Gasteiger partial charge >= 0.3 is 0 Å². The first-order valence-corrected chi connectivity index (χ1v) is 7.77. The highest BCUT2D eigenvalue weighted by molar-refractivity contribution is 9.10. The zero-order chi connectivity index (χ0) is 12.0. The molecule has 4 nitrogen and oxygen atoms in total. The fourth-order valence-electron chi connectivity index (χ4n) is 2.33. The molecule has 1 saturated heterocycles. The van der Waals surface area contributed by atoms with Crippen LogP contribution >= 0.6 is 15.9 Å². The van der Waals surface area contributed by atoms with E-state index in [2.05, 4.69) is 15.9 Å². The summed E-state index contributed by atoms with van der Waals surface area (Å²) in [6.07, 6.45) is 1.76. The van der Waals surface area contributed by atoms with Gasteiger partial charge in [0.05, 0.1) is 6.54 Å². The average molecular weight is 318 g/mol. The van der Waals surface area contributed by atoms with E-state index in [1.54, 1.807) is 18.2 Å². The van der Waals surface area contributed by atoms with E-state index in [4.69, 9.17) is 4.74 Å². The van der Waals surface area contributed by atoms with Gasteiger partial charge in [0.2, 0.25) is 10.0 Å². The van der Waals surface area contributed by atoms with Crippen molar-refractivity contribution in [2.45, 2.75) is 23.8 Å². The fourth-order valence-corrected chi connectivity index (χ4v) is 4.28. The van der Waals surface area contributed by atoms with Gasteiger partial charge in [0.25, 0.3) is 0 Å². The number of benzene rings is 1. The van der Waals surface area contributed by atoms with E-state index in [1.165, 1.54) is 4.31 Å². The molecule has 17 heavy (non-hydrogen) atoms. The van der Waals surface area contributed by atoms with Gasteiger partial charge in [-0.1, -0.05) is 15.9 Å². The standard InChI is InChI=1S/C11H12BrNO3S/c12-8-3-4-11-10(6-8)16-9-2-1-5-13(7-9)17(11,14)15/h3-4,6,9H,1-2,5,7H2/t9-/m0/s1. The number of halogens is 1. The Balaban J connectivity index is 2.20. The summed E-state index contributed by atoms with van der Waals surface area (Å²) in [6, 6.07) is 5.07. The molecule has 0 aliphatic carbocycles. The molecular formula is C11H12BrNO3S. The molecule has 0 saturated carbocycles. The third-order valence-corrected chi connectivity index (χ3v) is 5.56. The molecule has 1 aromatic rings. The molecule has 2 aliphatic rings. The van der Waals surface area contributed by atoms with Crippen molar-refractivity contribution >= 4 is 26.0 Å².